The maximum absolute atomic E-state index is 12.0. The monoisotopic (exact) mass is 423 g/mol. The lowest BCUT2D eigenvalue weighted by Gasteiger charge is -2.36. The van der Waals surface area contributed by atoms with Gasteiger partial charge in [0.15, 0.2) is 6.61 Å². The van der Waals surface area contributed by atoms with Crippen LogP contribution in [0.15, 0.2) is 54.6 Å². The molecule has 0 unspecified atom stereocenters. The van der Waals surface area contributed by atoms with Gasteiger partial charge in [-0.05, 0) is 56.1 Å². The zero-order valence-electron chi connectivity index (χ0n) is 18.4. The first-order valence-corrected chi connectivity index (χ1v) is 11.1. The molecule has 1 amide bonds. The quantitative estimate of drug-likeness (QED) is 0.563. The van der Waals surface area contributed by atoms with E-state index in [1.807, 2.05) is 30.3 Å². The molecule has 0 atom stereocenters. The summed E-state index contributed by atoms with van der Waals surface area (Å²) in [5.41, 5.74) is 2.39. The van der Waals surface area contributed by atoms with Gasteiger partial charge in [0.05, 0.1) is 0 Å². The van der Waals surface area contributed by atoms with Crippen LogP contribution in [0.4, 0.5) is 5.69 Å². The molecular weight excluding hydrogens is 390 g/mol. The second-order valence-corrected chi connectivity index (χ2v) is 8.00. The summed E-state index contributed by atoms with van der Waals surface area (Å²) in [5, 5.41) is 2.93. The van der Waals surface area contributed by atoms with E-state index < -0.39 is 0 Å². The maximum Gasteiger partial charge on any atom is 0.257 e. The number of ketones is 1. The van der Waals surface area contributed by atoms with Gasteiger partial charge in [-0.25, -0.2) is 0 Å². The standard InChI is InChI=1S/C25H33N3O3/c1-21(29)8-9-22-10-12-24(13-11-22)31-20-25(30)26-14-5-15-27-16-18-28(19-17-27)23-6-3-2-4-7-23/h2-4,6-7,10-13H,5,8-9,14-20H2,1H3,(H,26,30). The van der Waals surface area contributed by atoms with Crippen molar-refractivity contribution in [3.05, 3.63) is 60.2 Å². The average molecular weight is 424 g/mol. The van der Waals surface area contributed by atoms with Crippen molar-refractivity contribution in [2.24, 2.45) is 0 Å². The van der Waals surface area contributed by atoms with E-state index in [0.29, 0.717) is 18.7 Å². The summed E-state index contributed by atoms with van der Waals surface area (Å²) in [6, 6.07) is 18.1. The van der Waals surface area contributed by atoms with Crippen molar-refractivity contribution in [1.82, 2.24) is 10.2 Å². The average Bonchev–Trinajstić information content (AvgIpc) is 2.81. The number of nitrogens with one attached hydrogen (secondary N) is 1. The molecule has 1 aliphatic heterocycles. The summed E-state index contributed by atoms with van der Waals surface area (Å²) in [7, 11) is 0. The Morgan fingerprint density at radius 1 is 0.968 bits per heavy atom. The first-order chi connectivity index (χ1) is 15.1. The van der Waals surface area contributed by atoms with Crippen molar-refractivity contribution < 1.29 is 14.3 Å². The summed E-state index contributed by atoms with van der Waals surface area (Å²) in [6.07, 6.45) is 2.21. The van der Waals surface area contributed by atoms with Crippen LogP contribution in [0.2, 0.25) is 0 Å². The fraction of sp³-hybridized carbons (Fsp3) is 0.440. The number of piperazine rings is 1. The first-order valence-electron chi connectivity index (χ1n) is 11.1. The van der Waals surface area contributed by atoms with Crippen molar-refractivity contribution in [1.29, 1.82) is 0 Å². The molecule has 0 aliphatic carbocycles. The van der Waals surface area contributed by atoms with Crippen LogP contribution < -0.4 is 15.0 Å². The van der Waals surface area contributed by atoms with Gasteiger partial charge in [-0.2, -0.15) is 0 Å². The number of Topliss-reactive ketones (excluding diaryl/α,β-unsaturated/α-hetero) is 1. The van der Waals surface area contributed by atoms with Crippen molar-refractivity contribution in [2.75, 3.05) is 50.8 Å². The molecule has 0 aromatic heterocycles. The molecule has 3 rings (SSSR count). The van der Waals surface area contributed by atoms with Gasteiger partial charge in [0.1, 0.15) is 11.5 Å². The number of para-hydroxylation sites is 1. The highest BCUT2D eigenvalue weighted by molar-refractivity contribution is 5.77. The van der Waals surface area contributed by atoms with Gasteiger partial charge in [-0.1, -0.05) is 30.3 Å². The molecule has 0 bridgehead atoms. The van der Waals surface area contributed by atoms with Gasteiger partial charge in [0.25, 0.3) is 5.91 Å². The van der Waals surface area contributed by atoms with E-state index in [-0.39, 0.29) is 18.3 Å². The predicted octanol–water partition coefficient (Wildman–Crippen LogP) is 2.92. The molecule has 1 heterocycles. The molecule has 6 heteroatoms. The molecular formula is C25H33N3O3. The normalized spacial score (nSPS) is 14.3. The minimum atomic E-state index is -0.102. The highest BCUT2D eigenvalue weighted by Crippen LogP contribution is 2.16. The van der Waals surface area contributed by atoms with E-state index in [0.717, 1.165) is 51.1 Å². The number of rotatable bonds is 11. The molecule has 0 radical (unpaired) electrons. The van der Waals surface area contributed by atoms with E-state index >= 15 is 0 Å². The number of aryl methyl sites for hydroxylation is 1. The van der Waals surface area contributed by atoms with Crippen LogP contribution in [-0.2, 0) is 16.0 Å². The molecule has 1 fully saturated rings. The SMILES string of the molecule is CC(=O)CCc1ccc(OCC(=O)NCCCN2CCN(c3ccccc3)CC2)cc1. The highest BCUT2D eigenvalue weighted by atomic mass is 16.5. The Labute approximate surface area is 185 Å². The number of carbonyl (C=O) groups is 2. The molecule has 6 nitrogen and oxygen atoms in total. The first kappa shape index (κ1) is 22.8. The molecule has 0 saturated carbocycles. The van der Waals surface area contributed by atoms with Crippen molar-refractivity contribution in [2.45, 2.75) is 26.2 Å². The Kier molecular flexibility index (Phi) is 8.91. The Morgan fingerprint density at radius 3 is 2.35 bits per heavy atom. The molecule has 2 aromatic carbocycles. The van der Waals surface area contributed by atoms with E-state index in [2.05, 4.69) is 39.4 Å². The zero-order valence-corrected chi connectivity index (χ0v) is 18.4. The molecule has 1 N–H and O–H groups in total. The summed E-state index contributed by atoms with van der Waals surface area (Å²) >= 11 is 0. The minimum absolute atomic E-state index is 0.0164. The van der Waals surface area contributed by atoms with Crippen LogP contribution in [0.5, 0.6) is 5.75 Å². The largest absolute Gasteiger partial charge is 0.484 e. The number of amides is 1. The van der Waals surface area contributed by atoms with Crippen LogP contribution in [0.3, 0.4) is 0 Å². The smallest absolute Gasteiger partial charge is 0.257 e. The number of carbonyl (C=O) groups excluding carboxylic acids is 2. The number of hydrogen-bond acceptors (Lipinski definition) is 5. The fourth-order valence-electron chi connectivity index (χ4n) is 3.67. The van der Waals surface area contributed by atoms with Crippen LogP contribution >= 0.6 is 0 Å². The van der Waals surface area contributed by atoms with Crippen molar-refractivity contribution in [3.8, 4) is 5.75 Å². The topological polar surface area (TPSA) is 61.9 Å². The van der Waals surface area contributed by atoms with E-state index in [1.54, 1.807) is 6.92 Å². The molecule has 1 aliphatic rings. The lowest BCUT2D eigenvalue weighted by atomic mass is 10.1. The third-order valence-electron chi connectivity index (χ3n) is 5.53. The van der Waals surface area contributed by atoms with Gasteiger partial charge in [0.2, 0.25) is 0 Å². The van der Waals surface area contributed by atoms with E-state index in [4.69, 9.17) is 4.74 Å². The molecule has 166 valence electrons. The second-order valence-electron chi connectivity index (χ2n) is 8.00. The number of nitrogens with zero attached hydrogens (tertiary/aromatic N) is 2. The van der Waals surface area contributed by atoms with E-state index in [1.165, 1.54) is 5.69 Å². The van der Waals surface area contributed by atoms with Crippen LogP contribution in [0.1, 0.15) is 25.3 Å². The summed E-state index contributed by atoms with van der Waals surface area (Å²) in [5.74, 6) is 0.749. The van der Waals surface area contributed by atoms with Gasteiger partial charge in [-0.3, -0.25) is 9.69 Å². The molecule has 1 saturated heterocycles. The third-order valence-corrected chi connectivity index (χ3v) is 5.53. The fourth-order valence-corrected chi connectivity index (χ4v) is 3.67. The highest BCUT2D eigenvalue weighted by Gasteiger charge is 2.16. The Hall–Kier alpha value is -2.86. The van der Waals surface area contributed by atoms with Gasteiger partial charge in [-0.15, -0.1) is 0 Å². The second kappa shape index (κ2) is 12.1. The van der Waals surface area contributed by atoms with E-state index in [9.17, 15) is 9.59 Å². The van der Waals surface area contributed by atoms with Gasteiger partial charge < -0.3 is 19.7 Å². The van der Waals surface area contributed by atoms with Crippen molar-refractivity contribution in [3.63, 3.8) is 0 Å². The molecule has 2 aromatic rings. The molecule has 0 spiro atoms. The summed E-state index contributed by atoms with van der Waals surface area (Å²) < 4.78 is 5.55. The third kappa shape index (κ3) is 8.06. The van der Waals surface area contributed by atoms with Crippen LogP contribution in [0.25, 0.3) is 0 Å². The maximum atomic E-state index is 12.0. The number of benzene rings is 2. The number of hydrogen-bond donors (Lipinski definition) is 1. The van der Waals surface area contributed by atoms with Gasteiger partial charge in [0, 0.05) is 44.8 Å². The number of anilines is 1. The molecule has 31 heavy (non-hydrogen) atoms. The Bertz CT molecular complexity index is 816. The van der Waals surface area contributed by atoms with Crippen molar-refractivity contribution >= 4 is 17.4 Å². The lowest BCUT2D eigenvalue weighted by Crippen LogP contribution is -2.47. The van der Waals surface area contributed by atoms with Gasteiger partial charge >= 0.3 is 0 Å². The Morgan fingerprint density at radius 2 is 1.68 bits per heavy atom. The minimum Gasteiger partial charge on any atom is -0.484 e. The summed E-state index contributed by atoms with van der Waals surface area (Å²) in [4.78, 5) is 27.9. The zero-order chi connectivity index (χ0) is 21.9. The lowest BCUT2D eigenvalue weighted by molar-refractivity contribution is -0.123. The predicted molar refractivity (Wildman–Crippen MR) is 124 cm³/mol. The van der Waals surface area contributed by atoms with Crippen LogP contribution in [-0.4, -0.2) is 62.5 Å². The number of ether oxygens (including phenoxy) is 1. The summed E-state index contributed by atoms with van der Waals surface area (Å²) in [6.45, 7) is 7.44. The Balaban J connectivity index is 1.25. The van der Waals surface area contributed by atoms with Crippen LogP contribution in [0, 0.1) is 0 Å².